The molecular weight excluding hydrogens is 435 g/mol. The molecule has 0 saturated heterocycles. The second kappa shape index (κ2) is 10.8. The number of halogens is 3. The lowest BCUT2D eigenvalue weighted by Gasteiger charge is -2.30. The summed E-state index contributed by atoms with van der Waals surface area (Å²) in [6, 6.07) is 6.03. The van der Waals surface area contributed by atoms with E-state index in [2.05, 4.69) is 20.7 Å². The van der Waals surface area contributed by atoms with Crippen LogP contribution < -0.4 is 16.0 Å². The summed E-state index contributed by atoms with van der Waals surface area (Å²) in [5.74, 6) is -0.447. The molecule has 0 aliphatic rings. The van der Waals surface area contributed by atoms with Gasteiger partial charge in [0, 0.05) is 18.8 Å². The molecule has 3 N–H and O–H groups in total. The minimum Gasteiger partial charge on any atom is -0.465 e. The van der Waals surface area contributed by atoms with Gasteiger partial charge in [-0.3, -0.25) is 0 Å². The number of carbonyl (C=O) groups excluding carboxylic acids is 2. The Morgan fingerprint density at radius 3 is 2.15 bits per heavy atom. The van der Waals surface area contributed by atoms with E-state index in [1.54, 1.807) is 24.3 Å². The quantitative estimate of drug-likeness (QED) is 0.263. The van der Waals surface area contributed by atoms with E-state index in [4.69, 9.17) is 47.0 Å². The molecule has 0 spiro atoms. The van der Waals surface area contributed by atoms with Crippen LogP contribution in [-0.2, 0) is 4.74 Å². The highest BCUT2D eigenvalue weighted by atomic mass is 35.6. The van der Waals surface area contributed by atoms with Crippen molar-refractivity contribution in [3.63, 3.8) is 0 Å². The molecule has 150 valence electrons. The fraction of sp³-hybridized carbons (Fsp3) is 0.438. The van der Waals surface area contributed by atoms with Crippen molar-refractivity contribution in [2.45, 2.75) is 23.8 Å². The molecular formula is C16H21Cl3N4O3S. The summed E-state index contributed by atoms with van der Waals surface area (Å²) in [4.78, 5) is 25.2. The Kier molecular flexibility index (Phi) is 9.38. The molecule has 0 fully saturated rings. The number of nitrogens with one attached hydrogen (secondary N) is 3. The average Bonchev–Trinajstić information content (AvgIpc) is 2.61. The van der Waals surface area contributed by atoms with Crippen LogP contribution in [0.15, 0.2) is 24.3 Å². The summed E-state index contributed by atoms with van der Waals surface area (Å²) < 4.78 is 2.79. The number of thiocarbonyl (C=S) groups is 1. The number of nitrogens with zero attached hydrogens (tertiary/aromatic N) is 1. The van der Waals surface area contributed by atoms with E-state index < -0.39 is 22.0 Å². The van der Waals surface area contributed by atoms with Gasteiger partial charge in [0.25, 0.3) is 0 Å². The predicted molar refractivity (Wildman–Crippen MR) is 113 cm³/mol. The second-order valence-electron chi connectivity index (χ2n) is 5.26. The molecule has 11 heteroatoms. The van der Waals surface area contributed by atoms with Crippen molar-refractivity contribution >= 4 is 69.8 Å². The molecule has 7 nitrogen and oxygen atoms in total. The monoisotopic (exact) mass is 454 g/mol. The van der Waals surface area contributed by atoms with E-state index in [0.717, 1.165) is 0 Å². The molecule has 0 radical (unpaired) electrons. The normalized spacial score (nSPS) is 11.9. The third-order valence-electron chi connectivity index (χ3n) is 3.49. The number of urea groups is 1. The van der Waals surface area contributed by atoms with Crippen LogP contribution in [0.4, 0.5) is 10.5 Å². The predicted octanol–water partition coefficient (Wildman–Crippen LogP) is 3.51. The van der Waals surface area contributed by atoms with Crippen molar-refractivity contribution in [3.8, 4) is 0 Å². The van der Waals surface area contributed by atoms with Crippen LogP contribution in [-0.4, -0.2) is 52.2 Å². The van der Waals surface area contributed by atoms with E-state index in [1.807, 2.05) is 13.8 Å². The molecule has 1 aromatic carbocycles. The lowest BCUT2D eigenvalue weighted by Crippen LogP contribution is -2.58. The van der Waals surface area contributed by atoms with Gasteiger partial charge in [-0.05, 0) is 50.3 Å². The highest BCUT2D eigenvalue weighted by Gasteiger charge is 2.35. The summed E-state index contributed by atoms with van der Waals surface area (Å²) in [6.07, 6.45) is -1.06. The average molecular weight is 456 g/mol. The summed E-state index contributed by atoms with van der Waals surface area (Å²) in [6.45, 7) is 4.68. The van der Waals surface area contributed by atoms with Crippen molar-refractivity contribution in [2.24, 2.45) is 0 Å². The van der Waals surface area contributed by atoms with Crippen molar-refractivity contribution < 1.29 is 14.3 Å². The van der Waals surface area contributed by atoms with Gasteiger partial charge in [0.05, 0.1) is 12.7 Å². The molecule has 0 saturated carbocycles. The molecule has 0 aliphatic heterocycles. The van der Waals surface area contributed by atoms with Crippen molar-refractivity contribution in [2.75, 3.05) is 25.5 Å². The first-order valence-corrected chi connectivity index (χ1v) is 9.54. The third-order valence-corrected chi connectivity index (χ3v) is 4.36. The molecule has 1 rings (SSSR count). The number of anilines is 1. The highest BCUT2D eigenvalue weighted by molar-refractivity contribution is 7.80. The topological polar surface area (TPSA) is 82.7 Å². The zero-order chi connectivity index (χ0) is 20.6. The molecule has 0 aromatic heterocycles. The number of amides is 2. The lowest BCUT2D eigenvalue weighted by molar-refractivity contribution is 0.0600. The zero-order valence-electron chi connectivity index (χ0n) is 15.0. The molecule has 0 unspecified atom stereocenters. The highest BCUT2D eigenvalue weighted by Crippen LogP contribution is 2.29. The Hall–Kier alpha value is -1.48. The largest absolute Gasteiger partial charge is 0.465 e. The van der Waals surface area contributed by atoms with Gasteiger partial charge in [-0.2, -0.15) is 0 Å². The van der Waals surface area contributed by atoms with Crippen LogP contribution in [0.25, 0.3) is 0 Å². The van der Waals surface area contributed by atoms with Crippen LogP contribution >= 0.6 is 47.0 Å². The van der Waals surface area contributed by atoms with E-state index in [1.165, 1.54) is 12.0 Å². The summed E-state index contributed by atoms with van der Waals surface area (Å²) in [5, 5.41) is 8.37. The number of carbonyl (C=O) groups is 2. The number of ether oxygens (including phenoxy) is 1. The maximum absolute atomic E-state index is 12.2. The van der Waals surface area contributed by atoms with Gasteiger partial charge in [-0.25, -0.2) is 9.59 Å². The Labute approximate surface area is 178 Å². The molecule has 27 heavy (non-hydrogen) atoms. The van der Waals surface area contributed by atoms with Crippen LogP contribution in [0.3, 0.4) is 0 Å². The van der Waals surface area contributed by atoms with Gasteiger partial charge in [0.1, 0.15) is 0 Å². The lowest BCUT2D eigenvalue weighted by atomic mass is 10.2. The smallest absolute Gasteiger partial charge is 0.337 e. The third kappa shape index (κ3) is 7.57. The Morgan fingerprint density at radius 2 is 1.70 bits per heavy atom. The fourth-order valence-electron chi connectivity index (χ4n) is 2.03. The van der Waals surface area contributed by atoms with Crippen LogP contribution in [0.1, 0.15) is 24.2 Å². The van der Waals surface area contributed by atoms with Gasteiger partial charge in [-0.15, -0.1) is 0 Å². The minimum atomic E-state index is -1.84. The molecule has 1 aromatic rings. The van der Waals surface area contributed by atoms with Crippen LogP contribution in [0.5, 0.6) is 0 Å². The Bertz CT molecular complexity index is 664. The van der Waals surface area contributed by atoms with Crippen LogP contribution in [0.2, 0.25) is 0 Å². The molecule has 0 aliphatic carbocycles. The van der Waals surface area contributed by atoms with E-state index in [0.29, 0.717) is 24.3 Å². The first kappa shape index (κ1) is 23.6. The van der Waals surface area contributed by atoms with Crippen LogP contribution in [0, 0.1) is 0 Å². The molecule has 2 amide bonds. The summed E-state index contributed by atoms with van der Waals surface area (Å²) in [5.41, 5.74) is 0.992. The fourth-order valence-corrected chi connectivity index (χ4v) is 2.59. The first-order chi connectivity index (χ1) is 12.6. The SMILES string of the molecule is CCN(CC)C(=O)N[C@H](NC(=S)Nc1ccc(C(=O)OC)cc1)C(Cl)(Cl)Cl. The maximum Gasteiger partial charge on any atom is 0.337 e. The van der Waals surface area contributed by atoms with Gasteiger partial charge < -0.3 is 25.6 Å². The van der Waals surface area contributed by atoms with Gasteiger partial charge in [-0.1, -0.05) is 34.8 Å². The number of hydrogen-bond acceptors (Lipinski definition) is 4. The number of benzene rings is 1. The second-order valence-corrected chi connectivity index (χ2v) is 8.04. The number of hydrogen-bond donors (Lipinski definition) is 3. The summed E-state index contributed by atoms with van der Waals surface area (Å²) >= 11 is 23.1. The first-order valence-electron chi connectivity index (χ1n) is 8.00. The summed E-state index contributed by atoms with van der Waals surface area (Å²) in [7, 11) is 1.30. The molecule has 0 bridgehead atoms. The number of rotatable bonds is 6. The standard InChI is InChI=1S/C16H21Cl3N4O3S/c1-4-23(5-2)15(25)22-13(16(17,18)19)21-14(27)20-11-8-6-10(7-9-11)12(24)26-3/h6-9,13H,4-5H2,1-3H3,(H,22,25)(H2,20,21,27)/t13-/m0/s1. The minimum absolute atomic E-state index is 0.122. The van der Waals surface area contributed by atoms with Crippen molar-refractivity contribution in [3.05, 3.63) is 29.8 Å². The van der Waals surface area contributed by atoms with Gasteiger partial charge in [0.2, 0.25) is 3.79 Å². The number of esters is 1. The van der Waals surface area contributed by atoms with Crippen molar-refractivity contribution in [1.82, 2.24) is 15.5 Å². The number of alkyl halides is 3. The molecule has 1 atom stereocenters. The number of methoxy groups -OCH3 is 1. The molecule has 0 heterocycles. The zero-order valence-corrected chi connectivity index (χ0v) is 18.1. The van der Waals surface area contributed by atoms with E-state index in [9.17, 15) is 9.59 Å². The van der Waals surface area contributed by atoms with Gasteiger partial charge in [0.15, 0.2) is 11.3 Å². The maximum atomic E-state index is 12.2. The van der Waals surface area contributed by atoms with Crippen molar-refractivity contribution in [1.29, 1.82) is 0 Å². The van der Waals surface area contributed by atoms with E-state index >= 15 is 0 Å². The van der Waals surface area contributed by atoms with E-state index in [-0.39, 0.29) is 5.11 Å². The van der Waals surface area contributed by atoms with Gasteiger partial charge >= 0.3 is 12.0 Å². The Balaban J connectivity index is 2.77. The Morgan fingerprint density at radius 1 is 1.15 bits per heavy atom.